The Morgan fingerprint density at radius 3 is 2.63 bits per heavy atom. The normalized spacial score (nSPS) is 15.2. The van der Waals surface area contributed by atoms with Crippen LogP contribution in [0.15, 0.2) is 47.9 Å². The molecular formula is C21H16Cl2N4O3. The van der Waals surface area contributed by atoms with E-state index in [4.69, 9.17) is 43.1 Å². The summed E-state index contributed by atoms with van der Waals surface area (Å²) in [5.74, 6) is 0.741. The molecule has 2 aromatic carbocycles. The molecule has 0 saturated carbocycles. The number of benzene rings is 2. The molecule has 1 aromatic heterocycles. The minimum Gasteiger partial charge on any atom is -0.493 e. The Labute approximate surface area is 182 Å². The standard InChI is InChI=1S/C21H16Cl2N4O3/c1-28-14-7-6-10(8-15(14)29-2)19-17-16(11-4-3-5-13(22)18(11)23)12(9-24)20(25)30-21(17)27-26-19/h3-8,16H,25H2,1-2H3,(H,26,27). The third kappa shape index (κ3) is 3.11. The highest BCUT2D eigenvalue weighted by Crippen LogP contribution is 2.48. The van der Waals surface area contributed by atoms with Crippen molar-refractivity contribution in [1.29, 1.82) is 5.26 Å². The third-order valence-corrected chi connectivity index (χ3v) is 5.74. The SMILES string of the molecule is COc1ccc(-c2[nH]nc3c2C(c2cccc(Cl)c2Cl)C(C#N)=C(N)O3)cc1OC. The predicted octanol–water partition coefficient (Wildman–Crippen LogP) is 4.62. The number of methoxy groups -OCH3 is 2. The zero-order chi connectivity index (χ0) is 21.4. The van der Waals surface area contributed by atoms with E-state index in [0.717, 1.165) is 5.56 Å². The zero-order valence-corrected chi connectivity index (χ0v) is 17.5. The molecule has 1 atom stereocenters. The highest BCUT2D eigenvalue weighted by Gasteiger charge is 2.37. The van der Waals surface area contributed by atoms with Gasteiger partial charge < -0.3 is 19.9 Å². The van der Waals surface area contributed by atoms with Gasteiger partial charge in [-0.05, 0) is 29.8 Å². The fourth-order valence-corrected chi connectivity index (χ4v) is 3.93. The van der Waals surface area contributed by atoms with E-state index in [1.165, 1.54) is 0 Å². The summed E-state index contributed by atoms with van der Waals surface area (Å²) in [6.45, 7) is 0. The quantitative estimate of drug-likeness (QED) is 0.610. The first-order valence-corrected chi connectivity index (χ1v) is 9.57. The number of ether oxygens (including phenoxy) is 3. The van der Waals surface area contributed by atoms with Crippen molar-refractivity contribution in [2.45, 2.75) is 5.92 Å². The van der Waals surface area contributed by atoms with E-state index in [1.54, 1.807) is 44.6 Å². The predicted molar refractivity (Wildman–Crippen MR) is 113 cm³/mol. The van der Waals surface area contributed by atoms with Crippen molar-refractivity contribution in [3.63, 3.8) is 0 Å². The van der Waals surface area contributed by atoms with E-state index < -0.39 is 5.92 Å². The fraction of sp³-hybridized carbons (Fsp3) is 0.143. The number of halogens is 2. The Hall–Kier alpha value is -3.34. The lowest BCUT2D eigenvalue weighted by atomic mass is 9.83. The van der Waals surface area contributed by atoms with Crippen LogP contribution in [-0.4, -0.2) is 24.4 Å². The summed E-state index contributed by atoms with van der Waals surface area (Å²) in [6.07, 6.45) is 0. The van der Waals surface area contributed by atoms with E-state index in [9.17, 15) is 5.26 Å². The summed E-state index contributed by atoms with van der Waals surface area (Å²) >= 11 is 12.7. The average Bonchev–Trinajstić information content (AvgIpc) is 3.17. The average molecular weight is 443 g/mol. The summed E-state index contributed by atoms with van der Waals surface area (Å²) in [5.41, 5.74) is 8.87. The monoisotopic (exact) mass is 442 g/mol. The molecule has 0 fully saturated rings. The highest BCUT2D eigenvalue weighted by atomic mass is 35.5. The van der Waals surface area contributed by atoms with Crippen molar-refractivity contribution in [2.24, 2.45) is 5.73 Å². The van der Waals surface area contributed by atoms with Crippen LogP contribution in [0.2, 0.25) is 10.0 Å². The molecule has 0 saturated heterocycles. The Bertz CT molecular complexity index is 1210. The van der Waals surface area contributed by atoms with Gasteiger partial charge in [0, 0.05) is 5.56 Å². The smallest absolute Gasteiger partial charge is 0.244 e. The number of H-pyrrole nitrogens is 1. The van der Waals surface area contributed by atoms with Crippen molar-refractivity contribution in [1.82, 2.24) is 10.2 Å². The molecule has 0 radical (unpaired) electrons. The second-order valence-electron chi connectivity index (χ2n) is 6.46. The Morgan fingerprint density at radius 2 is 1.93 bits per heavy atom. The Balaban J connectivity index is 1.96. The van der Waals surface area contributed by atoms with E-state index in [2.05, 4.69) is 16.3 Å². The molecule has 1 aliphatic rings. The van der Waals surface area contributed by atoms with E-state index in [0.29, 0.717) is 38.4 Å². The summed E-state index contributed by atoms with van der Waals surface area (Å²) in [5, 5.41) is 17.8. The molecule has 4 rings (SSSR count). The Kier molecular flexibility index (Phi) is 5.20. The minimum absolute atomic E-state index is 0.0311. The Morgan fingerprint density at radius 1 is 1.17 bits per heavy atom. The first-order valence-electron chi connectivity index (χ1n) is 8.82. The van der Waals surface area contributed by atoms with Gasteiger partial charge in [-0.1, -0.05) is 35.3 Å². The molecule has 1 unspecified atom stereocenters. The van der Waals surface area contributed by atoms with Crippen LogP contribution >= 0.6 is 23.2 Å². The van der Waals surface area contributed by atoms with Crippen LogP contribution in [0.5, 0.6) is 17.4 Å². The van der Waals surface area contributed by atoms with E-state index in [-0.39, 0.29) is 17.3 Å². The molecule has 7 nitrogen and oxygen atoms in total. The largest absolute Gasteiger partial charge is 0.493 e. The van der Waals surface area contributed by atoms with Gasteiger partial charge in [0.15, 0.2) is 11.5 Å². The fourth-order valence-electron chi connectivity index (χ4n) is 3.51. The van der Waals surface area contributed by atoms with Crippen LogP contribution in [0.3, 0.4) is 0 Å². The number of allylic oxidation sites excluding steroid dienone is 1. The van der Waals surface area contributed by atoms with Crippen LogP contribution in [-0.2, 0) is 0 Å². The van der Waals surface area contributed by atoms with Gasteiger partial charge in [-0.2, -0.15) is 5.26 Å². The first-order chi connectivity index (χ1) is 14.5. The van der Waals surface area contributed by atoms with Gasteiger partial charge >= 0.3 is 0 Å². The number of aromatic amines is 1. The van der Waals surface area contributed by atoms with Crippen molar-refractivity contribution >= 4 is 23.2 Å². The summed E-state index contributed by atoms with van der Waals surface area (Å²) < 4.78 is 16.3. The molecule has 0 aliphatic carbocycles. The first kappa shape index (κ1) is 20.0. The lowest BCUT2D eigenvalue weighted by Crippen LogP contribution is -2.21. The maximum absolute atomic E-state index is 9.82. The lowest BCUT2D eigenvalue weighted by Gasteiger charge is -2.25. The molecule has 9 heteroatoms. The van der Waals surface area contributed by atoms with Crippen LogP contribution < -0.4 is 19.9 Å². The van der Waals surface area contributed by atoms with Crippen LogP contribution in [0.25, 0.3) is 11.3 Å². The molecule has 3 N–H and O–H groups in total. The minimum atomic E-state index is -0.619. The van der Waals surface area contributed by atoms with Crippen molar-refractivity contribution < 1.29 is 14.2 Å². The number of hydrogen-bond acceptors (Lipinski definition) is 6. The van der Waals surface area contributed by atoms with Crippen molar-refractivity contribution in [2.75, 3.05) is 14.2 Å². The molecule has 0 spiro atoms. The van der Waals surface area contributed by atoms with Gasteiger partial charge in [-0.25, -0.2) is 0 Å². The molecule has 2 heterocycles. The highest BCUT2D eigenvalue weighted by molar-refractivity contribution is 6.42. The number of nitrogens with one attached hydrogen (secondary N) is 1. The number of nitrogens with two attached hydrogens (primary N) is 1. The van der Waals surface area contributed by atoms with Crippen LogP contribution in [0, 0.1) is 11.3 Å². The van der Waals surface area contributed by atoms with Crippen LogP contribution in [0.1, 0.15) is 17.0 Å². The zero-order valence-electron chi connectivity index (χ0n) is 16.0. The number of nitriles is 1. The van der Waals surface area contributed by atoms with Crippen LogP contribution in [0.4, 0.5) is 0 Å². The second-order valence-corrected chi connectivity index (χ2v) is 7.24. The van der Waals surface area contributed by atoms with E-state index in [1.807, 2.05) is 6.07 Å². The van der Waals surface area contributed by atoms with E-state index >= 15 is 0 Å². The van der Waals surface area contributed by atoms with Crippen molar-refractivity contribution in [3.05, 3.63) is 69.0 Å². The molecule has 30 heavy (non-hydrogen) atoms. The van der Waals surface area contributed by atoms with Gasteiger partial charge in [0.25, 0.3) is 0 Å². The lowest BCUT2D eigenvalue weighted by molar-refractivity contribution is 0.355. The van der Waals surface area contributed by atoms with Gasteiger partial charge in [0.05, 0.1) is 41.4 Å². The number of fused-ring (bicyclic) bond motifs is 1. The molecule has 3 aromatic rings. The number of rotatable bonds is 4. The second kappa shape index (κ2) is 7.82. The number of aromatic nitrogens is 2. The molecule has 152 valence electrons. The molecular weight excluding hydrogens is 427 g/mol. The van der Waals surface area contributed by atoms with Gasteiger partial charge in [-0.15, -0.1) is 5.10 Å². The maximum Gasteiger partial charge on any atom is 0.244 e. The van der Waals surface area contributed by atoms with Gasteiger partial charge in [-0.3, -0.25) is 5.10 Å². The molecule has 0 bridgehead atoms. The summed E-state index contributed by atoms with van der Waals surface area (Å²) in [4.78, 5) is 0. The summed E-state index contributed by atoms with van der Waals surface area (Å²) in [7, 11) is 3.12. The van der Waals surface area contributed by atoms with Gasteiger partial charge in [0.1, 0.15) is 11.6 Å². The number of nitrogens with zero attached hydrogens (tertiary/aromatic N) is 2. The molecule has 1 aliphatic heterocycles. The molecule has 0 amide bonds. The number of hydrogen-bond donors (Lipinski definition) is 2. The maximum atomic E-state index is 9.82. The van der Waals surface area contributed by atoms with Crippen molar-refractivity contribution in [3.8, 4) is 34.7 Å². The third-order valence-electron chi connectivity index (χ3n) is 4.90. The summed E-state index contributed by atoms with van der Waals surface area (Å²) in [6, 6.07) is 12.8. The topological polar surface area (TPSA) is 106 Å². The van der Waals surface area contributed by atoms with Gasteiger partial charge in [0.2, 0.25) is 11.8 Å².